The average molecular weight is 342 g/mol. The summed E-state index contributed by atoms with van der Waals surface area (Å²) in [6, 6.07) is 7.93. The summed E-state index contributed by atoms with van der Waals surface area (Å²) in [5.74, 6) is 0.914. The summed E-state index contributed by atoms with van der Waals surface area (Å²) in [6.45, 7) is 3.85. The van der Waals surface area contributed by atoms with E-state index in [-0.39, 0.29) is 11.9 Å². The Morgan fingerprint density at radius 2 is 2.29 bits per heavy atom. The number of thiazole rings is 1. The Kier molecular flexibility index (Phi) is 4.03. The van der Waals surface area contributed by atoms with Crippen LogP contribution in [0.1, 0.15) is 16.9 Å². The number of amides is 1. The number of hydrogen-bond donors (Lipinski definition) is 0. The van der Waals surface area contributed by atoms with Gasteiger partial charge in [-0.1, -0.05) is 12.1 Å². The van der Waals surface area contributed by atoms with E-state index in [1.807, 2.05) is 40.8 Å². The number of aromatic nitrogens is 3. The van der Waals surface area contributed by atoms with Crippen LogP contribution in [0.3, 0.4) is 0 Å². The smallest absolute Gasteiger partial charge is 0.243 e. The monoisotopic (exact) mass is 342 g/mol. The van der Waals surface area contributed by atoms with Crippen LogP contribution in [-0.2, 0) is 16.1 Å². The Balaban J connectivity index is 1.60. The first-order valence-corrected chi connectivity index (χ1v) is 8.74. The quantitative estimate of drug-likeness (QED) is 0.733. The van der Waals surface area contributed by atoms with E-state index in [2.05, 4.69) is 11.1 Å². The molecule has 0 spiro atoms. The van der Waals surface area contributed by atoms with Gasteiger partial charge in [0.25, 0.3) is 0 Å². The number of fused-ring (bicyclic) bond motifs is 1. The van der Waals surface area contributed by atoms with E-state index >= 15 is 0 Å². The molecule has 0 aliphatic carbocycles. The van der Waals surface area contributed by atoms with Crippen molar-refractivity contribution in [3.8, 4) is 0 Å². The van der Waals surface area contributed by atoms with Crippen LogP contribution in [0.2, 0.25) is 0 Å². The first-order valence-electron chi connectivity index (χ1n) is 7.93. The van der Waals surface area contributed by atoms with Crippen LogP contribution in [0, 0.1) is 6.92 Å². The molecule has 124 valence electrons. The fourth-order valence-electron chi connectivity index (χ4n) is 2.95. The number of morpholine rings is 1. The van der Waals surface area contributed by atoms with Crippen molar-refractivity contribution in [1.82, 2.24) is 19.4 Å². The molecule has 24 heavy (non-hydrogen) atoms. The summed E-state index contributed by atoms with van der Waals surface area (Å²) in [7, 11) is 0. The average Bonchev–Trinajstić information content (AvgIpc) is 3.21. The van der Waals surface area contributed by atoms with Gasteiger partial charge < -0.3 is 14.2 Å². The second kappa shape index (κ2) is 6.33. The van der Waals surface area contributed by atoms with E-state index in [0.717, 1.165) is 21.0 Å². The van der Waals surface area contributed by atoms with Gasteiger partial charge in [-0.25, -0.2) is 9.97 Å². The molecule has 0 unspecified atom stereocenters. The van der Waals surface area contributed by atoms with Crippen molar-refractivity contribution in [2.75, 3.05) is 19.8 Å². The summed E-state index contributed by atoms with van der Waals surface area (Å²) >= 11 is 1.63. The highest BCUT2D eigenvalue weighted by Crippen LogP contribution is 2.31. The highest BCUT2D eigenvalue weighted by molar-refractivity contribution is 7.18. The topological polar surface area (TPSA) is 60.2 Å². The lowest BCUT2D eigenvalue weighted by molar-refractivity contribution is -0.140. The predicted octanol–water partition coefficient (Wildman–Crippen LogP) is 2.40. The van der Waals surface area contributed by atoms with Crippen molar-refractivity contribution < 1.29 is 9.53 Å². The first kappa shape index (κ1) is 15.3. The zero-order valence-corrected chi connectivity index (χ0v) is 14.2. The van der Waals surface area contributed by atoms with Crippen molar-refractivity contribution >= 4 is 27.5 Å². The van der Waals surface area contributed by atoms with Crippen LogP contribution in [0.25, 0.3) is 10.2 Å². The van der Waals surface area contributed by atoms with Gasteiger partial charge in [-0.15, -0.1) is 11.3 Å². The molecule has 1 atom stereocenters. The molecule has 0 N–H and O–H groups in total. The van der Waals surface area contributed by atoms with Crippen LogP contribution >= 0.6 is 11.3 Å². The molecule has 1 aromatic carbocycles. The van der Waals surface area contributed by atoms with Crippen LogP contribution < -0.4 is 0 Å². The molecule has 1 aliphatic heterocycles. The molecule has 0 radical (unpaired) electrons. The normalized spacial score (nSPS) is 18.2. The molecular weight excluding hydrogens is 324 g/mol. The van der Waals surface area contributed by atoms with E-state index in [0.29, 0.717) is 26.3 Å². The van der Waals surface area contributed by atoms with Crippen molar-refractivity contribution in [1.29, 1.82) is 0 Å². The van der Waals surface area contributed by atoms with Crippen molar-refractivity contribution in [2.45, 2.75) is 19.5 Å². The summed E-state index contributed by atoms with van der Waals surface area (Å²) in [5.41, 5.74) is 0.973. The SMILES string of the molecule is Cc1nccn1CC(=O)N1CCOC[C@H]1c1nc2ccccc2s1. The second-order valence-electron chi connectivity index (χ2n) is 5.80. The standard InChI is InChI=1S/C17H18N4O2S/c1-12-18-6-7-20(12)10-16(22)21-8-9-23-11-14(21)17-19-13-4-2-3-5-15(13)24-17/h2-7,14H,8-11H2,1H3/t14-/m0/s1. The number of carbonyl (C=O) groups is 1. The lowest BCUT2D eigenvalue weighted by Gasteiger charge is -2.34. The molecule has 3 heterocycles. The van der Waals surface area contributed by atoms with Crippen LogP contribution in [0.4, 0.5) is 0 Å². The molecular formula is C17H18N4O2S. The van der Waals surface area contributed by atoms with Gasteiger partial charge in [-0.3, -0.25) is 4.79 Å². The van der Waals surface area contributed by atoms with Gasteiger partial charge in [0.05, 0.1) is 23.4 Å². The van der Waals surface area contributed by atoms with Crippen molar-refractivity contribution in [2.24, 2.45) is 0 Å². The van der Waals surface area contributed by atoms with Gasteiger partial charge >= 0.3 is 0 Å². The van der Waals surface area contributed by atoms with Gasteiger partial charge in [-0.05, 0) is 19.1 Å². The number of carbonyl (C=O) groups excluding carboxylic acids is 1. The number of ether oxygens (including phenoxy) is 1. The van der Waals surface area contributed by atoms with Crippen LogP contribution in [-0.4, -0.2) is 45.1 Å². The zero-order chi connectivity index (χ0) is 16.5. The van der Waals surface area contributed by atoms with Crippen molar-refractivity contribution in [3.05, 3.63) is 47.5 Å². The predicted molar refractivity (Wildman–Crippen MR) is 91.9 cm³/mol. The fraction of sp³-hybridized carbons (Fsp3) is 0.353. The van der Waals surface area contributed by atoms with Gasteiger partial charge in [0.1, 0.15) is 23.4 Å². The third-order valence-electron chi connectivity index (χ3n) is 4.27. The van der Waals surface area contributed by atoms with E-state index in [1.54, 1.807) is 17.5 Å². The third kappa shape index (κ3) is 2.81. The maximum atomic E-state index is 12.8. The van der Waals surface area contributed by atoms with E-state index in [4.69, 9.17) is 9.72 Å². The molecule has 1 aliphatic rings. The zero-order valence-electron chi connectivity index (χ0n) is 13.4. The van der Waals surface area contributed by atoms with E-state index in [9.17, 15) is 4.79 Å². The van der Waals surface area contributed by atoms with E-state index in [1.165, 1.54) is 0 Å². The maximum absolute atomic E-state index is 12.8. The molecule has 0 bridgehead atoms. The van der Waals surface area contributed by atoms with Crippen LogP contribution in [0.5, 0.6) is 0 Å². The number of para-hydroxylation sites is 1. The van der Waals surface area contributed by atoms with Gasteiger partial charge in [-0.2, -0.15) is 0 Å². The fourth-order valence-corrected chi connectivity index (χ4v) is 4.01. The molecule has 2 aromatic heterocycles. The molecule has 3 aromatic rings. The minimum atomic E-state index is -0.118. The van der Waals surface area contributed by atoms with Crippen molar-refractivity contribution in [3.63, 3.8) is 0 Å². The Labute approximate surface area is 143 Å². The molecule has 1 amide bonds. The number of aryl methyl sites for hydroxylation is 1. The Morgan fingerprint density at radius 1 is 1.42 bits per heavy atom. The summed E-state index contributed by atoms with van der Waals surface area (Å²) < 4.78 is 8.63. The first-order chi connectivity index (χ1) is 11.7. The largest absolute Gasteiger partial charge is 0.377 e. The van der Waals surface area contributed by atoms with Gasteiger partial charge in [0.2, 0.25) is 5.91 Å². The summed E-state index contributed by atoms with van der Waals surface area (Å²) in [6.07, 6.45) is 3.55. The minimum absolute atomic E-state index is 0.0728. The molecule has 6 nitrogen and oxygen atoms in total. The second-order valence-corrected chi connectivity index (χ2v) is 6.86. The number of hydrogen-bond acceptors (Lipinski definition) is 5. The molecule has 1 saturated heterocycles. The highest BCUT2D eigenvalue weighted by Gasteiger charge is 2.31. The number of benzene rings is 1. The Bertz CT molecular complexity index is 839. The minimum Gasteiger partial charge on any atom is -0.377 e. The maximum Gasteiger partial charge on any atom is 0.243 e. The summed E-state index contributed by atoms with van der Waals surface area (Å²) in [5, 5.41) is 0.937. The summed E-state index contributed by atoms with van der Waals surface area (Å²) in [4.78, 5) is 23.6. The third-order valence-corrected chi connectivity index (χ3v) is 5.41. The molecule has 7 heteroatoms. The number of nitrogens with zero attached hydrogens (tertiary/aromatic N) is 4. The van der Waals surface area contributed by atoms with E-state index < -0.39 is 0 Å². The van der Waals surface area contributed by atoms with Crippen LogP contribution in [0.15, 0.2) is 36.7 Å². The number of rotatable bonds is 3. The van der Waals surface area contributed by atoms with Gasteiger partial charge in [0, 0.05) is 18.9 Å². The molecule has 1 fully saturated rings. The molecule has 4 rings (SSSR count). The lowest BCUT2D eigenvalue weighted by atomic mass is 10.2. The Hall–Kier alpha value is -2.25. The molecule has 0 saturated carbocycles. The highest BCUT2D eigenvalue weighted by atomic mass is 32.1. The number of imidazole rings is 1. The van der Waals surface area contributed by atoms with Gasteiger partial charge in [0.15, 0.2) is 0 Å². The Morgan fingerprint density at radius 3 is 3.08 bits per heavy atom. The lowest BCUT2D eigenvalue weighted by Crippen LogP contribution is -2.44.